The zero-order valence-electron chi connectivity index (χ0n) is 12.0. The average Bonchev–Trinajstić information content (AvgIpc) is 2.42. The first-order chi connectivity index (χ1) is 9.00. The molecule has 1 unspecified atom stereocenters. The number of amides is 1. The Bertz CT molecular complexity index is 381. The van der Waals surface area contributed by atoms with Crippen molar-refractivity contribution in [3.63, 3.8) is 0 Å². The minimum atomic E-state index is 0.157. The van der Waals surface area contributed by atoms with Crippen molar-refractivity contribution in [1.29, 1.82) is 0 Å². The summed E-state index contributed by atoms with van der Waals surface area (Å²) in [5.74, 6) is 1.10. The van der Waals surface area contributed by atoms with E-state index in [0.29, 0.717) is 11.7 Å². The molecule has 0 saturated heterocycles. The van der Waals surface area contributed by atoms with Crippen LogP contribution in [0.3, 0.4) is 0 Å². The second-order valence-electron chi connectivity index (χ2n) is 5.11. The van der Waals surface area contributed by atoms with Crippen LogP contribution in [-0.4, -0.2) is 36.2 Å². The first kappa shape index (κ1) is 16.1. The summed E-state index contributed by atoms with van der Waals surface area (Å²) in [6.07, 6.45) is 0.857. The van der Waals surface area contributed by atoms with Crippen molar-refractivity contribution in [3.8, 4) is 0 Å². The van der Waals surface area contributed by atoms with Gasteiger partial charge in [-0.2, -0.15) is 0 Å². The lowest BCUT2D eigenvalue weighted by molar-refractivity contribution is -0.127. The molecule has 106 valence electrons. The second kappa shape index (κ2) is 8.23. The summed E-state index contributed by atoms with van der Waals surface area (Å²) in [5.41, 5.74) is 5.99. The second-order valence-corrected chi connectivity index (χ2v) is 6.16. The van der Waals surface area contributed by atoms with Gasteiger partial charge in [0.15, 0.2) is 0 Å². The summed E-state index contributed by atoms with van der Waals surface area (Å²) in [7, 11) is 1.85. The van der Waals surface area contributed by atoms with Crippen LogP contribution in [-0.2, 0) is 4.79 Å². The molecule has 1 aromatic carbocycles. The van der Waals surface area contributed by atoms with Crippen molar-refractivity contribution in [2.75, 3.05) is 19.3 Å². The lowest BCUT2D eigenvalue weighted by Crippen LogP contribution is -2.35. The van der Waals surface area contributed by atoms with E-state index in [1.54, 1.807) is 16.7 Å². The quantitative estimate of drug-likeness (QED) is 0.781. The Balaban J connectivity index is 2.29. The molecule has 0 aromatic heterocycles. The van der Waals surface area contributed by atoms with Gasteiger partial charge in [0.2, 0.25) is 5.91 Å². The maximum atomic E-state index is 12.0. The number of thioether (sulfide) groups is 1. The van der Waals surface area contributed by atoms with Crippen LogP contribution in [0, 0.1) is 5.92 Å². The van der Waals surface area contributed by atoms with Gasteiger partial charge in [-0.15, -0.1) is 11.8 Å². The summed E-state index contributed by atoms with van der Waals surface area (Å²) < 4.78 is 0. The van der Waals surface area contributed by atoms with Crippen LogP contribution in [0.2, 0.25) is 0 Å². The van der Waals surface area contributed by atoms with Crippen molar-refractivity contribution < 1.29 is 4.79 Å². The van der Waals surface area contributed by atoms with E-state index in [1.165, 1.54) is 0 Å². The van der Waals surface area contributed by atoms with Gasteiger partial charge in [0.05, 0.1) is 5.75 Å². The Morgan fingerprint density at radius 3 is 2.53 bits per heavy atom. The Morgan fingerprint density at radius 2 is 1.95 bits per heavy atom. The molecule has 1 amide bonds. The Hall–Kier alpha value is -1.00. The Labute approximate surface area is 120 Å². The van der Waals surface area contributed by atoms with E-state index < -0.39 is 0 Å². The largest absolute Gasteiger partial charge is 0.345 e. The average molecular weight is 280 g/mol. The number of nitrogens with zero attached hydrogens (tertiary/aromatic N) is 1. The Kier molecular flexibility index (Phi) is 6.95. The smallest absolute Gasteiger partial charge is 0.232 e. The van der Waals surface area contributed by atoms with E-state index in [2.05, 4.69) is 13.8 Å². The van der Waals surface area contributed by atoms with Crippen molar-refractivity contribution in [2.24, 2.45) is 11.7 Å². The third-order valence-corrected chi connectivity index (χ3v) is 4.18. The number of hydrogen-bond donors (Lipinski definition) is 1. The first-order valence-electron chi connectivity index (χ1n) is 6.68. The molecular formula is C15H24N2OS. The number of carbonyl (C=O) groups excluding carboxylic acids is 1. The standard InChI is InChI=1S/C15H24N2OS/c1-12(2)14(16)9-10-17(3)15(18)11-19-13-7-5-4-6-8-13/h4-8,12,14H,9-11,16H2,1-3H3. The predicted molar refractivity (Wildman–Crippen MR) is 82.2 cm³/mol. The molecule has 0 bridgehead atoms. The SMILES string of the molecule is CC(C)C(N)CCN(C)C(=O)CSc1ccccc1. The molecule has 19 heavy (non-hydrogen) atoms. The third kappa shape index (κ3) is 6.12. The highest BCUT2D eigenvalue weighted by Gasteiger charge is 2.12. The van der Waals surface area contributed by atoms with E-state index in [-0.39, 0.29) is 11.9 Å². The highest BCUT2D eigenvalue weighted by molar-refractivity contribution is 8.00. The number of hydrogen-bond acceptors (Lipinski definition) is 3. The molecule has 0 spiro atoms. The number of benzene rings is 1. The Morgan fingerprint density at radius 1 is 1.32 bits per heavy atom. The molecule has 1 atom stereocenters. The molecule has 2 N–H and O–H groups in total. The molecule has 0 aliphatic carbocycles. The fourth-order valence-electron chi connectivity index (χ4n) is 1.57. The lowest BCUT2D eigenvalue weighted by Gasteiger charge is -2.21. The topological polar surface area (TPSA) is 46.3 Å². The third-order valence-electron chi connectivity index (χ3n) is 3.19. The highest BCUT2D eigenvalue weighted by atomic mass is 32.2. The summed E-state index contributed by atoms with van der Waals surface area (Å²) in [4.78, 5) is 14.9. The maximum Gasteiger partial charge on any atom is 0.232 e. The molecule has 0 saturated carbocycles. The monoisotopic (exact) mass is 280 g/mol. The predicted octanol–water partition coefficient (Wildman–Crippen LogP) is 2.61. The highest BCUT2D eigenvalue weighted by Crippen LogP contribution is 2.17. The minimum absolute atomic E-state index is 0.157. The molecule has 0 aliphatic heterocycles. The van der Waals surface area contributed by atoms with Gasteiger partial charge in [0.25, 0.3) is 0 Å². The van der Waals surface area contributed by atoms with Gasteiger partial charge < -0.3 is 10.6 Å². The summed E-state index contributed by atoms with van der Waals surface area (Å²) >= 11 is 1.57. The van der Waals surface area contributed by atoms with Crippen LogP contribution >= 0.6 is 11.8 Å². The summed E-state index contributed by atoms with van der Waals surface area (Å²) in [6, 6.07) is 10.2. The normalized spacial score (nSPS) is 12.5. The molecule has 3 nitrogen and oxygen atoms in total. The van der Waals surface area contributed by atoms with Crippen molar-refractivity contribution in [1.82, 2.24) is 4.90 Å². The minimum Gasteiger partial charge on any atom is -0.345 e. The van der Waals surface area contributed by atoms with Gasteiger partial charge in [-0.05, 0) is 24.5 Å². The van der Waals surface area contributed by atoms with Gasteiger partial charge in [0, 0.05) is 24.5 Å². The van der Waals surface area contributed by atoms with E-state index in [0.717, 1.165) is 17.9 Å². The van der Waals surface area contributed by atoms with Gasteiger partial charge in [-0.25, -0.2) is 0 Å². The van der Waals surface area contributed by atoms with Crippen molar-refractivity contribution in [2.45, 2.75) is 31.2 Å². The molecule has 4 heteroatoms. The molecule has 0 fully saturated rings. The van der Waals surface area contributed by atoms with Crippen LogP contribution in [0.1, 0.15) is 20.3 Å². The number of rotatable bonds is 7. The van der Waals surface area contributed by atoms with Crippen molar-refractivity contribution in [3.05, 3.63) is 30.3 Å². The van der Waals surface area contributed by atoms with Crippen molar-refractivity contribution >= 4 is 17.7 Å². The fraction of sp³-hybridized carbons (Fsp3) is 0.533. The molecule has 1 aromatic rings. The number of carbonyl (C=O) groups is 1. The maximum absolute atomic E-state index is 12.0. The van der Waals surface area contributed by atoms with Crippen LogP contribution in [0.25, 0.3) is 0 Å². The van der Waals surface area contributed by atoms with Gasteiger partial charge in [0.1, 0.15) is 0 Å². The molecule has 0 radical (unpaired) electrons. The van der Waals surface area contributed by atoms with E-state index >= 15 is 0 Å². The lowest BCUT2D eigenvalue weighted by atomic mass is 10.0. The van der Waals surface area contributed by atoms with Gasteiger partial charge in [-0.1, -0.05) is 32.0 Å². The van der Waals surface area contributed by atoms with Crippen LogP contribution in [0.4, 0.5) is 0 Å². The summed E-state index contributed by atoms with van der Waals surface area (Å²) in [6.45, 7) is 4.95. The number of nitrogens with two attached hydrogens (primary N) is 1. The van der Waals surface area contributed by atoms with E-state index in [1.807, 2.05) is 37.4 Å². The fourth-order valence-corrected chi connectivity index (χ4v) is 2.43. The zero-order chi connectivity index (χ0) is 14.3. The molecule has 0 aliphatic rings. The molecule has 0 heterocycles. The van der Waals surface area contributed by atoms with Gasteiger partial charge >= 0.3 is 0 Å². The van der Waals surface area contributed by atoms with E-state index in [4.69, 9.17) is 5.73 Å². The van der Waals surface area contributed by atoms with Crippen LogP contribution in [0.15, 0.2) is 35.2 Å². The first-order valence-corrected chi connectivity index (χ1v) is 7.66. The van der Waals surface area contributed by atoms with Crippen LogP contribution < -0.4 is 5.73 Å². The molecule has 1 rings (SSSR count). The molecular weight excluding hydrogens is 256 g/mol. The van der Waals surface area contributed by atoms with Crippen LogP contribution in [0.5, 0.6) is 0 Å². The summed E-state index contributed by atoms with van der Waals surface area (Å²) in [5, 5.41) is 0. The van der Waals surface area contributed by atoms with E-state index in [9.17, 15) is 4.79 Å². The van der Waals surface area contributed by atoms with Gasteiger partial charge in [-0.3, -0.25) is 4.79 Å². The zero-order valence-corrected chi connectivity index (χ0v) is 12.8.